The highest BCUT2D eigenvalue weighted by Gasteiger charge is 2.44. The van der Waals surface area contributed by atoms with E-state index in [1.54, 1.807) is 0 Å². The Morgan fingerprint density at radius 1 is 1.25 bits per heavy atom. The number of hydrogen-bond acceptors (Lipinski definition) is 2. The summed E-state index contributed by atoms with van der Waals surface area (Å²) in [6.45, 7) is 1.15. The Labute approximate surface area is 90.0 Å². The lowest BCUT2D eigenvalue weighted by Gasteiger charge is -2.24. The van der Waals surface area contributed by atoms with E-state index < -0.39 is 29.9 Å². The Morgan fingerprint density at radius 2 is 1.81 bits per heavy atom. The molecule has 0 heterocycles. The van der Waals surface area contributed by atoms with Crippen molar-refractivity contribution in [2.24, 2.45) is 5.73 Å². The zero-order valence-corrected chi connectivity index (χ0v) is 8.46. The summed E-state index contributed by atoms with van der Waals surface area (Å²) in [5, 5.41) is 0. The van der Waals surface area contributed by atoms with Crippen molar-refractivity contribution in [2.75, 3.05) is 0 Å². The first-order valence-corrected chi connectivity index (χ1v) is 4.56. The topological polar surface area (TPSA) is 35.2 Å². The minimum absolute atomic E-state index is 0.456. The van der Waals surface area contributed by atoms with E-state index in [0.29, 0.717) is 0 Å². The average molecular weight is 237 g/mol. The quantitative estimate of drug-likeness (QED) is 0.819. The standard InChI is InChI=1S/C10H11F4NO/c1-6(15)9(10(12,13)14)16-8-5-3-2-4-7(8)11/h2-6,9H,15H2,1H3. The summed E-state index contributed by atoms with van der Waals surface area (Å²) < 4.78 is 55.0. The number of para-hydroxylation sites is 1. The van der Waals surface area contributed by atoms with Crippen molar-refractivity contribution in [3.05, 3.63) is 30.1 Å². The van der Waals surface area contributed by atoms with Gasteiger partial charge in [-0.2, -0.15) is 13.2 Å². The molecule has 0 saturated heterocycles. The molecule has 2 nitrogen and oxygen atoms in total. The fourth-order valence-corrected chi connectivity index (χ4v) is 1.15. The van der Waals surface area contributed by atoms with Crippen LogP contribution in [0.1, 0.15) is 6.92 Å². The minimum atomic E-state index is -4.63. The molecule has 0 aromatic heterocycles. The van der Waals surface area contributed by atoms with E-state index in [2.05, 4.69) is 4.74 Å². The second kappa shape index (κ2) is 4.69. The first-order valence-electron chi connectivity index (χ1n) is 4.56. The van der Waals surface area contributed by atoms with Gasteiger partial charge in [-0.1, -0.05) is 12.1 Å². The van der Waals surface area contributed by atoms with Crippen molar-refractivity contribution in [1.82, 2.24) is 0 Å². The van der Waals surface area contributed by atoms with Gasteiger partial charge in [0, 0.05) is 6.04 Å². The third kappa shape index (κ3) is 3.10. The Morgan fingerprint density at radius 3 is 2.25 bits per heavy atom. The first kappa shape index (κ1) is 12.8. The fraction of sp³-hybridized carbons (Fsp3) is 0.400. The Balaban J connectivity index is 2.89. The summed E-state index contributed by atoms with van der Waals surface area (Å²) in [6.07, 6.45) is -6.85. The van der Waals surface area contributed by atoms with Gasteiger partial charge in [0.05, 0.1) is 0 Å². The minimum Gasteiger partial charge on any atom is -0.476 e. The van der Waals surface area contributed by atoms with Crippen LogP contribution in [0, 0.1) is 5.82 Å². The van der Waals surface area contributed by atoms with Crippen LogP contribution in [0.2, 0.25) is 0 Å². The predicted molar refractivity (Wildman–Crippen MR) is 50.5 cm³/mol. The molecule has 2 unspecified atom stereocenters. The van der Waals surface area contributed by atoms with Gasteiger partial charge in [-0.25, -0.2) is 4.39 Å². The van der Waals surface area contributed by atoms with E-state index in [1.165, 1.54) is 12.1 Å². The van der Waals surface area contributed by atoms with Gasteiger partial charge in [-0.15, -0.1) is 0 Å². The van der Waals surface area contributed by atoms with E-state index in [-0.39, 0.29) is 0 Å². The molecule has 0 aliphatic rings. The van der Waals surface area contributed by atoms with E-state index in [9.17, 15) is 17.6 Å². The van der Waals surface area contributed by atoms with E-state index in [4.69, 9.17) is 5.73 Å². The van der Waals surface area contributed by atoms with Gasteiger partial charge in [-0.05, 0) is 19.1 Å². The van der Waals surface area contributed by atoms with E-state index in [0.717, 1.165) is 19.1 Å². The van der Waals surface area contributed by atoms with Gasteiger partial charge >= 0.3 is 6.18 Å². The van der Waals surface area contributed by atoms with Gasteiger partial charge < -0.3 is 10.5 Å². The largest absolute Gasteiger partial charge is 0.476 e. The molecule has 0 spiro atoms. The van der Waals surface area contributed by atoms with E-state index in [1.807, 2.05) is 0 Å². The maximum absolute atomic E-state index is 13.1. The Hall–Kier alpha value is -1.30. The van der Waals surface area contributed by atoms with Crippen molar-refractivity contribution in [3.63, 3.8) is 0 Å². The summed E-state index contributed by atoms with van der Waals surface area (Å²) >= 11 is 0. The number of alkyl halides is 3. The Bertz CT molecular complexity index is 351. The van der Waals surface area contributed by atoms with Crippen LogP contribution in [-0.4, -0.2) is 18.3 Å². The number of benzene rings is 1. The van der Waals surface area contributed by atoms with Crippen LogP contribution in [0.25, 0.3) is 0 Å². The number of nitrogens with two attached hydrogens (primary N) is 1. The van der Waals surface area contributed by atoms with Crippen LogP contribution in [0.15, 0.2) is 24.3 Å². The highest BCUT2D eigenvalue weighted by atomic mass is 19.4. The lowest BCUT2D eigenvalue weighted by Crippen LogP contribution is -2.47. The maximum atomic E-state index is 13.1. The lowest BCUT2D eigenvalue weighted by atomic mass is 10.2. The number of hydrogen-bond donors (Lipinski definition) is 1. The molecule has 90 valence electrons. The monoisotopic (exact) mass is 237 g/mol. The fourth-order valence-electron chi connectivity index (χ4n) is 1.15. The number of halogens is 4. The zero-order valence-electron chi connectivity index (χ0n) is 8.46. The lowest BCUT2D eigenvalue weighted by molar-refractivity contribution is -0.199. The van der Waals surface area contributed by atoms with Crippen LogP contribution in [0.3, 0.4) is 0 Å². The molecule has 1 aromatic rings. The van der Waals surface area contributed by atoms with Crippen LogP contribution >= 0.6 is 0 Å². The molecule has 16 heavy (non-hydrogen) atoms. The molecule has 0 bridgehead atoms. The van der Waals surface area contributed by atoms with Crippen molar-refractivity contribution >= 4 is 0 Å². The molecule has 0 amide bonds. The summed E-state index contributed by atoms with van der Waals surface area (Å²) in [5.41, 5.74) is 5.15. The number of ether oxygens (including phenoxy) is 1. The molecule has 0 fully saturated rings. The van der Waals surface area contributed by atoms with Crippen LogP contribution in [-0.2, 0) is 0 Å². The van der Waals surface area contributed by atoms with Crippen LogP contribution in [0.4, 0.5) is 17.6 Å². The third-order valence-corrected chi connectivity index (χ3v) is 1.89. The van der Waals surface area contributed by atoms with Gasteiger partial charge in [0.15, 0.2) is 11.6 Å². The molecule has 0 radical (unpaired) electrons. The molecular formula is C10H11F4NO. The van der Waals surface area contributed by atoms with Gasteiger partial charge in [0.1, 0.15) is 0 Å². The van der Waals surface area contributed by atoms with E-state index >= 15 is 0 Å². The maximum Gasteiger partial charge on any atom is 0.426 e. The molecule has 0 aliphatic carbocycles. The second-order valence-corrected chi connectivity index (χ2v) is 3.37. The summed E-state index contributed by atoms with van der Waals surface area (Å²) in [5.74, 6) is -1.31. The normalized spacial score (nSPS) is 15.6. The SMILES string of the molecule is CC(N)C(Oc1ccccc1F)C(F)(F)F. The summed E-state index contributed by atoms with van der Waals surface area (Å²) in [7, 11) is 0. The third-order valence-electron chi connectivity index (χ3n) is 1.89. The molecule has 6 heteroatoms. The highest BCUT2D eigenvalue weighted by molar-refractivity contribution is 5.24. The van der Waals surface area contributed by atoms with Crippen molar-refractivity contribution in [1.29, 1.82) is 0 Å². The van der Waals surface area contributed by atoms with Gasteiger partial charge in [0.2, 0.25) is 6.10 Å². The second-order valence-electron chi connectivity index (χ2n) is 3.37. The van der Waals surface area contributed by atoms with Crippen LogP contribution < -0.4 is 10.5 Å². The van der Waals surface area contributed by atoms with Gasteiger partial charge in [-0.3, -0.25) is 0 Å². The van der Waals surface area contributed by atoms with Crippen molar-refractivity contribution in [2.45, 2.75) is 25.2 Å². The molecule has 2 N–H and O–H groups in total. The first-order chi connectivity index (χ1) is 7.32. The molecule has 0 saturated carbocycles. The molecular weight excluding hydrogens is 226 g/mol. The molecule has 1 aromatic carbocycles. The molecule has 1 rings (SSSR count). The van der Waals surface area contributed by atoms with Crippen molar-refractivity contribution < 1.29 is 22.3 Å². The van der Waals surface area contributed by atoms with Gasteiger partial charge in [0.25, 0.3) is 0 Å². The smallest absolute Gasteiger partial charge is 0.426 e. The summed E-state index contributed by atoms with van der Waals surface area (Å²) in [6, 6.07) is 3.60. The molecule has 0 aliphatic heterocycles. The highest BCUT2D eigenvalue weighted by Crippen LogP contribution is 2.28. The predicted octanol–water partition coefficient (Wildman–Crippen LogP) is 2.48. The van der Waals surface area contributed by atoms with Crippen LogP contribution in [0.5, 0.6) is 5.75 Å². The molecule has 2 atom stereocenters. The average Bonchev–Trinajstić information content (AvgIpc) is 2.14. The summed E-state index contributed by atoms with van der Waals surface area (Å²) in [4.78, 5) is 0. The number of rotatable bonds is 3. The van der Waals surface area contributed by atoms with Crippen molar-refractivity contribution in [3.8, 4) is 5.75 Å². The zero-order chi connectivity index (χ0) is 12.3. The Kier molecular flexibility index (Phi) is 3.74.